The minimum absolute atomic E-state index is 0.0953. The predicted octanol–water partition coefficient (Wildman–Crippen LogP) is 1.43. The Morgan fingerprint density at radius 2 is 2.20 bits per heavy atom. The molecule has 25 heavy (non-hydrogen) atoms. The quantitative estimate of drug-likeness (QED) is 0.813. The van der Waals surface area contributed by atoms with Crippen molar-refractivity contribution in [1.82, 2.24) is 19.7 Å². The lowest BCUT2D eigenvalue weighted by atomic mass is 9.91. The zero-order valence-electron chi connectivity index (χ0n) is 15.0. The van der Waals surface area contributed by atoms with Crippen LogP contribution in [-0.4, -0.2) is 71.3 Å². The summed E-state index contributed by atoms with van der Waals surface area (Å²) in [6.07, 6.45) is 5.66. The highest BCUT2D eigenvalue weighted by molar-refractivity contribution is 7.09. The molecule has 0 bridgehead atoms. The summed E-state index contributed by atoms with van der Waals surface area (Å²) in [6.45, 7) is 3.19. The Morgan fingerprint density at radius 3 is 2.80 bits per heavy atom. The van der Waals surface area contributed by atoms with Crippen LogP contribution in [0.5, 0.6) is 0 Å². The standard InChI is InChI=1S/C18H26N4O2S/c1-20(12-15-19-5-8-25-15)14-10-18(14)3-6-22(7-4-18)17(24)13-9-16(23)21(2)11-13/h5,8,13-14H,3-4,6-7,9-12H2,1-2H3/t13-,14+/m1/s1. The fraction of sp³-hybridized carbons (Fsp3) is 0.722. The second-order valence-electron chi connectivity index (χ2n) is 7.92. The van der Waals surface area contributed by atoms with Gasteiger partial charge < -0.3 is 9.80 Å². The lowest BCUT2D eigenvalue weighted by Crippen LogP contribution is -2.44. The molecule has 2 aliphatic heterocycles. The van der Waals surface area contributed by atoms with E-state index < -0.39 is 0 Å². The highest BCUT2D eigenvalue weighted by Crippen LogP contribution is 2.56. The van der Waals surface area contributed by atoms with E-state index in [4.69, 9.17) is 0 Å². The molecule has 0 N–H and O–H groups in total. The minimum Gasteiger partial charge on any atom is -0.345 e. The maximum atomic E-state index is 12.7. The molecule has 136 valence electrons. The van der Waals surface area contributed by atoms with Crippen LogP contribution in [-0.2, 0) is 16.1 Å². The van der Waals surface area contributed by atoms with Gasteiger partial charge in [-0.2, -0.15) is 0 Å². The summed E-state index contributed by atoms with van der Waals surface area (Å²) in [4.78, 5) is 34.9. The first kappa shape index (κ1) is 17.0. The van der Waals surface area contributed by atoms with Crippen LogP contribution in [0.15, 0.2) is 11.6 Å². The molecule has 2 saturated heterocycles. The second-order valence-corrected chi connectivity index (χ2v) is 8.90. The third-order valence-corrected chi connectivity index (χ3v) is 7.07. The molecule has 1 saturated carbocycles. The summed E-state index contributed by atoms with van der Waals surface area (Å²) in [5.41, 5.74) is 0.394. The molecule has 1 aliphatic carbocycles. The molecule has 0 radical (unpaired) electrons. The third-order valence-electron chi connectivity index (χ3n) is 6.31. The van der Waals surface area contributed by atoms with Crippen molar-refractivity contribution >= 4 is 23.2 Å². The van der Waals surface area contributed by atoms with Gasteiger partial charge in [-0.3, -0.25) is 14.5 Å². The molecule has 2 atom stereocenters. The van der Waals surface area contributed by atoms with Crippen molar-refractivity contribution < 1.29 is 9.59 Å². The van der Waals surface area contributed by atoms with Crippen LogP contribution in [0.4, 0.5) is 0 Å². The topological polar surface area (TPSA) is 56.8 Å². The van der Waals surface area contributed by atoms with Gasteiger partial charge in [-0.15, -0.1) is 11.3 Å². The van der Waals surface area contributed by atoms with Gasteiger partial charge in [0.05, 0.1) is 12.5 Å². The summed E-state index contributed by atoms with van der Waals surface area (Å²) in [6, 6.07) is 0.618. The van der Waals surface area contributed by atoms with Gasteiger partial charge in [-0.05, 0) is 31.7 Å². The smallest absolute Gasteiger partial charge is 0.227 e. The van der Waals surface area contributed by atoms with Crippen molar-refractivity contribution in [2.24, 2.45) is 11.3 Å². The van der Waals surface area contributed by atoms with E-state index >= 15 is 0 Å². The maximum Gasteiger partial charge on any atom is 0.227 e. The molecular weight excluding hydrogens is 336 g/mol. The van der Waals surface area contributed by atoms with Gasteiger partial charge in [-0.1, -0.05) is 0 Å². The minimum atomic E-state index is -0.130. The monoisotopic (exact) mass is 362 g/mol. The van der Waals surface area contributed by atoms with Crippen LogP contribution in [0.3, 0.4) is 0 Å². The summed E-state index contributed by atoms with van der Waals surface area (Å²) in [7, 11) is 3.98. The van der Waals surface area contributed by atoms with E-state index in [1.54, 1.807) is 23.3 Å². The Balaban J connectivity index is 1.29. The number of hydrogen-bond acceptors (Lipinski definition) is 5. The normalized spacial score (nSPS) is 28.2. The molecule has 7 heteroatoms. The van der Waals surface area contributed by atoms with E-state index in [2.05, 4.69) is 16.9 Å². The molecule has 0 unspecified atom stereocenters. The molecule has 3 heterocycles. The van der Waals surface area contributed by atoms with Crippen LogP contribution in [0.2, 0.25) is 0 Å². The Morgan fingerprint density at radius 1 is 1.44 bits per heavy atom. The number of carbonyl (C=O) groups excluding carboxylic acids is 2. The van der Waals surface area contributed by atoms with Crippen LogP contribution < -0.4 is 0 Å². The summed E-state index contributed by atoms with van der Waals surface area (Å²) < 4.78 is 0. The average Bonchev–Trinajstić information content (AvgIpc) is 2.92. The summed E-state index contributed by atoms with van der Waals surface area (Å²) in [5.74, 6) is 0.146. The van der Waals surface area contributed by atoms with Gasteiger partial charge in [0, 0.05) is 50.7 Å². The zero-order valence-corrected chi connectivity index (χ0v) is 15.8. The van der Waals surface area contributed by atoms with Crippen molar-refractivity contribution in [2.75, 3.05) is 33.7 Å². The number of rotatable bonds is 4. The van der Waals surface area contributed by atoms with Gasteiger partial charge in [0.2, 0.25) is 11.8 Å². The lowest BCUT2D eigenvalue weighted by Gasteiger charge is -2.35. The number of likely N-dealkylation sites (tertiary alicyclic amines) is 2. The fourth-order valence-corrected chi connectivity index (χ4v) is 5.28. The molecule has 1 spiro atoms. The van der Waals surface area contributed by atoms with Crippen molar-refractivity contribution in [3.8, 4) is 0 Å². The maximum absolute atomic E-state index is 12.7. The fourth-order valence-electron chi connectivity index (χ4n) is 4.60. The largest absolute Gasteiger partial charge is 0.345 e. The molecule has 3 fully saturated rings. The number of carbonyl (C=O) groups is 2. The van der Waals surface area contributed by atoms with Crippen molar-refractivity contribution in [1.29, 1.82) is 0 Å². The molecule has 6 nitrogen and oxygen atoms in total. The predicted molar refractivity (Wildman–Crippen MR) is 96.0 cm³/mol. The van der Waals surface area contributed by atoms with Crippen LogP contribution >= 0.6 is 11.3 Å². The van der Waals surface area contributed by atoms with Crippen molar-refractivity contribution in [3.63, 3.8) is 0 Å². The van der Waals surface area contributed by atoms with E-state index in [9.17, 15) is 9.59 Å². The SMILES string of the molecule is CN1C[C@H](C(=O)N2CCC3(CC2)C[C@@H]3N(C)Cc2nccs2)CC1=O. The molecule has 2 amide bonds. The van der Waals surface area contributed by atoms with Gasteiger partial charge in [-0.25, -0.2) is 4.98 Å². The third kappa shape index (κ3) is 3.19. The van der Waals surface area contributed by atoms with Gasteiger partial charge in [0.15, 0.2) is 0 Å². The van der Waals surface area contributed by atoms with E-state index in [-0.39, 0.29) is 17.7 Å². The number of thiazole rings is 1. The number of amides is 2. The van der Waals surface area contributed by atoms with Gasteiger partial charge >= 0.3 is 0 Å². The zero-order chi connectivity index (χ0) is 17.6. The Kier molecular flexibility index (Phi) is 4.32. The Labute approximate surface area is 152 Å². The number of piperidine rings is 1. The number of hydrogen-bond donors (Lipinski definition) is 0. The first-order valence-corrected chi connectivity index (χ1v) is 9.98. The molecule has 3 aliphatic rings. The Bertz CT molecular complexity index is 654. The van der Waals surface area contributed by atoms with E-state index in [0.29, 0.717) is 24.4 Å². The van der Waals surface area contributed by atoms with Crippen LogP contribution in [0, 0.1) is 11.3 Å². The molecule has 1 aromatic rings. The van der Waals surface area contributed by atoms with Gasteiger partial charge in [0.25, 0.3) is 0 Å². The highest BCUT2D eigenvalue weighted by Gasteiger charge is 2.57. The van der Waals surface area contributed by atoms with Crippen molar-refractivity contribution in [2.45, 2.75) is 38.3 Å². The lowest BCUT2D eigenvalue weighted by molar-refractivity contribution is -0.137. The number of aromatic nitrogens is 1. The van der Waals surface area contributed by atoms with Crippen molar-refractivity contribution in [3.05, 3.63) is 16.6 Å². The molecule has 4 rings (SSSR count). The highest BCUT2D eigenvalue weighted by atomic mass is 32.1. The van der Waals surface area contributed by atoms with E-state index in [1.807, 2.05) is 16.5 Å². The second kappa shape index (κ2) is 6.36. The average molecular weight is 362 g/mol. The summed E-state index contributed by atoms with van der Waals surface area (Å²) in [5, 5.41) is 3.20. The van der Waals surface area contributed by atoms with E-state index in [0.717, 1.165) is 32.5 Å². The first-order valence-electron chi connectivity index (χ1n) is 9.10. The summed E-state index contributed by atoms with van der Waals surface area (Å²) >= 11 is 1.71. The number of nitrogens with zero attached hydrogens (tertiary/aromatic N) is 4. The van der Waals surface area contributed by atoms with E-state index in [1.165, 1.54) is 11.4 Å². The Hall–Kier alpha value is -1.47. The first-order chi connectivity index (χ1) is 12.0. The molecule has 0 aromatic carbocycles. The van der Waals surface area contributed by atoms with Crippen LogP contribution in [0.1, 0.15) is 30.7 Å². The van der Waals surface area contributed by atoms with Gasteiger partial charge in [0.1, 0.15) is 5.01 Å². The van der Waals surface area contributed by atoms with Crippen LogP contribution in [0.25, 0.3) is 0 Å². The molecule has 1 aromatic heterocycles. The molecular formula is C18H26N4O2S.